The summed E-state index contributed by atoms with van der Waals surface area (Å²) in [5.74, 6) is 0.709. The second-order valence-electron chi connectivity index (χ2n) is 7.11. The van der Waals surface area contributed by atoms with Gasteiger partial charge in [-0.2, -0.15) is 0 Å². The molecule has 1 aromatic heterocycles. The minimum Gasteiger partial charge on any atom is -0.335 e. The van der Waals surface area contributed by atoms with E-state index in [1.54, 1.807) is 0 Å². The Balaban J connectivity index is 1.53. The Morgan fingerprint density at radius 2 is 1.85 bits per heavy atom. The predicted molar refractivity (Wildman–Crippen MR) is 99.7 cm³/mol. The molecule has 0 aliphatic carbocycles. The molecule has 4 rings (SSSR count). The van der Waals surface area contributed by atoms with Gasteiger partial charge in [0.25, 0.3) is 5.56 Å². The summed E-state index contributed by atoms with van der Waals surface area (Å²) in [6.07, 6.45) is 4.18. The third kappa shape index (κ3) is 3.55. The molecule has 2 aliphatic rings. The van der Waals surface area contributed by atoms with Crippen LogP contribution in [0.4, 0.5) is 0 Å². The highest BCUT2D eigenvalue weighted by Gasteiger charge is 2.26. The molecule has 6 heteroatoms. The van der Waals surface area contributed by atoms with Crippen LogP contribution in [0.25, 0.3) is 11.4 Å². The molecule has 2 aliphatic heterocycles. The van der Waals surface area contributed by atoms with Gasteiger partial charge < -0.3 is 9.88 Å². The van der Waals surface area contributed by atoms with Crippen LogP contribution in [0.15, 0.2) is 35.1 Å². The monoisotopic (exact) mass is 352 g/mol. The van der Waals surface area contributed by atoms with E-state index >= 15 is 0 Å². The Morgan fingerprint density at radius 3 is 2.62 bits per heavy atom. The molecule has 3 heterocycles. The number of fused-ring (bicyclic) bond motifs is 1. The first-order valence-corrected chi connectivity index (χ1v) is 9.38. The average molecular weight is 352 g/mol. The summed E-state index contributed by atoms with van der Waals surface area (Å²) in [5.41, 5.74) is 2.23. The van der Waals surface area contributed by atoms with Crippen molar-refractivity contribution in [3.8, 4) is 11.4 Å². The van der Waals surface area contributed by atoms with Gasteiger partial charge >= 0.3 is 0 Å². The SMILES string of the molecule is O=C(CN1CCCCC1)N1CCc2c(nc(-c3ccccc3)[nH]c2=O)C1. The quantitative estimate of drug-likeness (QED) is 0.915. The zero-order valence-electron chi connectivity index (χ0n) is 14.9. The van der Waals surface area contributed by atoms with Crippen molar-refractivity contribution in [2.75, 3.05) is 26.2 Å². The van der Waals surface area contributed by atoms with Gasteiger partial charge in [-0.1, -0.05) is 36.8 Å². The third-order valence-corrected chi connectivity index (χ3v) is 5.28. The lowest BCUT2D eigenvalue weighted by Crippen LogP contribution is -2.45. The van der Waals surface area contributed by atoms with Gasteiger partial charge in [0.1, 0.15) is 5.82 Å². The van der Waals surface area contributed by atoms with Crippen LogP contribution >= 0.6 is 0 Å². The van der Waals surface area contributed by atoms with Gasteiger partial charge in [-0.3, -0.25) is 14.5 Å². The molecule has 0 bridgehead atoms. The predicted octanol–water partition coefficient (Wildman–Crippen LogP) is 1.81. The number of hydrogen-bond donors (Lipinski definition) is 1. The summed E-state index contributed by atoms with van der Waals surface area (Å²) in [4.78, 5) is 36.8. The van der Waals surface area contributed by atoms with Crippen LogP contribution in [0.2, 0.25) is 0 Å². The van der Waals surface area contributed by atoms with Gasteiger partial charge in [0.05, 0.1) is 18.8 Å². The van der Waals surface area contributed by atoms with Crippen molar-refractivity contribution < 1.29 is 4.79 Å². The maximum absolute atomic E-state index is 12.7. The van der Waals surface area contributed by atoms with E-state index in [1.165, 1.54) is 19.3 Å². The van der Waals surface area contributed by atoms with Crippen LogP contribution < -0.4 is 5.56 Å². The number of rotatable bonds is 3. The molecule has 1 aromatic carbocycles. The Hall–Kier alpha value is -2.47. The van der Waals surface area contributed by atoms with Crippen molar-refractivity contribution in [1.29, 1.82) is 0 Å². The number of carbonyl (C=O) groups is 1. The highest BCUT2D eigenvalue weighted by atomic mass is 16.2. The summed E-state index contributed by atoms with van der Waals surface area (Å²) in [6.45, 7) is 3.50. The van der Waals surface area contributed by atoms with E-state index < -0.39 is 0 Å². The minimum absolute atomic E-state index is 0.0861. The van der Waals surface area contributed by atoms with Gasteiger partial charge in [-0.25, -0.2) is 4.98 Å². The maximum atomic E-state index is 12.7. The van der Waals surface area contributed by atoms with Crippen molar-refractivity contribution in [3.63, 3.8) is 0 Å². The first-order chi connectivity index (χ1) is 12.7. The van der Waals surface area contributed by atoms with Crippen LogP contribution in [0, 0.1) is 0 Å². The lowest BCUT2D eigenvalue weighted by Gasteiger charge is -2.32. The van der Waals surface area contributed by atoms with Crippen LogP contribution in [0.1, 0.15) is 30.5 Å². The molecule has 136 valence electrons. The number of nitrogens with zero attached hydrogens (tertiary/aromatic N) is 3. The normalized spacial score (nSPS) is 17.8. The number of amides is 1. The summed E-state index contributed by atoms with van der Waals surface area (Å²) in [5, 5.41) is 0. The smallest absolute Gasteiger partial charge is 0.254 e. The van der Waals surface area contributed by atoms with Crippen LogP contribution in [0.5, 0.6) is 0 Å². The fraction of sp³-hybridized carbons (Fsp3) is 0.450. The Morgan fingerprint density at radius 1 is 1.08 bits per heavy atom. The van der Waals surface area contributed by atoms with E-state index in [1.807, 2.05) is 35.2 Å². The van der Waals surface area contributed by atoms with Crippen molar-refractivity contribution >= 4 is 5.91 Å². The van der Waals surface area contributed by atoms with Gasteiger partial charge in [-0.15, -0.1) is 0 Å². The van der Waals surface area contributed by atoms with E-state index in [9.17, 15) is 9.59 Å². The molecule has 1 saturated heterocycles. The van der Waals surface area contributed by atoms with E-state index in [0.717, 1.165) is 24.3 Å². The van der Waals surface area contributed by atoms with Gasteiger partial charge in [0, 0.05) is 17.7 Å². The molecule has 2 aromatic rings. The first kappa shape index (κ1) is 17.0. The molecule has 0 unspecified atom stereocenters. The standard InChI is InChI=1S/C20H24N4O2/c25-18(14-23-10-5-2-6-11-23)24-12-9-16-17(13-24)21-19(22-20(16)26)15-7-3-1-4-8-15/h1,3-4,7-8H,2,5-6,9-14H2,(H,21,22,26). The van der Waals surface area contributed by atoms with Crippen LogP contribution in [0.3, 0.4) is 0 Å². The summed E-state index contributed by atoms with van der Waals surface area (Å²) in [6, 6.07) is 9.62. The molecule has 0 saturated carbocycles. The second kappa shape index (κ2) is 7.41. The largest absolute Gasteiger partial charge is 0.335 e. The van der Waals surface area contributed by atoms with Crippen molar-refractivity contribution in [2.24, 2.45) is 0 Å². The molecule has 1 amide bonds. The zero-order chi connectivity index (χ0) is 17.9. The van der Waals surface area contributed by atoms with Crippen LogP contribution in [-0.2, 0) is 17.8 Å². The van der Waals surface area contributed by atoms with E-state index in [2.05, 4.69) is 14.9 Å². The molecular formula is C20H24N4O2. The molecule has 26 heavy (non-hydrogen) atoms. The molecule has 0 radical (unpaired) electrons. The van der Waals surface area contributed by atoms with Crippen molar-refractivity contribution in [3.05, 3.63) is 51.9 Å². The summed E-state index contributed by atoms with van der Waals surface area (Å²) >= 11 is 0. The lowest BCUT2D eigenvalue weighted by atomic mass is 10.1. The lowest BCUT2D eigenvalue weighted by molar-refractivity contribution is -0.133. The molecule has 6 nitrogen and oxygen atoms in total. The molecule has 0 atom stereocenters. The zero-order valence-corrected chi connectivity index (χ0v) is 14.9. The number of aromatic nitrogens is 2. The number of piperidine rings is 1. The molecular weight excluding hydrogens is 328 g/mol. The molecule has 0 spiro atoms. The number of hydrogen-bond acceptors (Lipinski definition) is 4. The average Bonchev–Trinajstić information content (AvgIpc) is 2.69. The number of likely N-dealkylation sites (tertiary alicyclic amines) is 1. The van der Waals surface area contributed by atoms with Gasteiger partial charge in [-0.05, 0) is 32.4 Å². The Bertz CT molecular complexity index is 841. The van der Waals surface area contributed by atoms with Gasteiger partial charge in [0.15, 0.2) is 0 Å². The maximum Gasteiger partial charge on any atom is 0.254 e. The minimum atomic E-state index is -0.0861. The highest BCUT2D eigenvalue weighted by Crippen LogP contribution is 2.19. The van der Waals surface area contributed by atoms with E-state index in [-0.39, 0.29) is 11.5 Å². The van der Waals surface area contributed by atoms with E-state index in [4.69, 9.17) is 0 Å². The molecule has 1 N–H and O–H groups in total. The fourth-order valence-corrected chi connectivity index (χ4v) is 3.79. The molecule has 1 fully saturated rings. The van der Waals surface area contributed by atoms with Crippen molar-refractivity contribution in [2.45, 2.75) is 32.2 Å². The number of benzene rings is 1. The number of aromatic amines is 1. The number of H-pyrrole nitrogens is 1. The topological polar surface area (TPSA) is 69.3 Å². The first-order valence-electron chi connectivity index (χ1n) is 9.38. The number of carbonyl (C=O) groups excluding carboxylic acids is 1. The Kier molecular flexibility index (Phi) is 4.84. The summed E-state index contributed by atoms with van der Waals surface area (Å²) in [7, 11) is 0. The third-order valence-electron chi connectivity index (χ3n) is 5.28. The van der Waals surface area contributed by atoms with Gasteiger partial charge in [0.2, 0.25) is 5.91 Å². The Labute approximate surface area is 152 Å². The summed E-state index contributed by atoms with van der Waals surface area (Å²) < 4.78 is 0. The fourth-order valence-electron chi connectivity index (χ4n) is 3.79. The van der Waals surface area contributed by atoms with Crippen molar-refractivity contribution in [1.82, 2.24) is 19.8 Å². The highest BCUT2D eigenvalue weighted by molar-refractivity contribution is 5.78. The second-order valence-corrected chi connectivity index (χ2v) is 7.11. The van der Waals surface area contributed by atoms with Crippen LogP contribution in [-0.4, -0.2) is 51.9 Å². The number of nitrogens with one attached hydrogen (secondary N) is 1. The van der Waals surface area contributed by atoms with E-state index in [0.29, 0.717) is 37.4 Å².